The number of β-amino-alcohol motifs (C(OH)–C–C–N with tert-alkyl or cyclic N) is 1. The molecule has 8 atom stereocenters. The number of aliphatic imine (C=N–C) groups is 1. The number of aliphatic hydroxyl groups excluding tert-OH is 2. The zero-order valence-electron chi connectivity index (χ0n) is 34.3. The van der Waals surface area contributed by atoms with Gasteiger partial charge in [0.15, 0.2) is 11.7 Å². The van der Waals surface area contributed by atoms with E-state index >= 15 is 0 Å². The number of nitrogens with zero attached hydrogens (tertiary/aromatic N) is 1. The highest BCUT2D eigenvalue weighted by molar-refractivity contribution is 8.76. The molecule has 0 spiro atoms. The quantitative estimate of drug-likeness (QED) is 0.0788. The van der Waals surface area contributed by atoms with Crippen LogP contribution >= 0.6 is 21.6 Å². The molecule has 2 saturated heterocycles. The first-order valence-electron chi connectivity index (χ1n) is 20.7. The van der Waals surface area contributed by atoms with Crippen molar-refractivity contribution in [3.05, 3.63) is 107 Å². The fraction of sp³-hybridized carbons (Fsp3) is 0.435. The van der Waals surface area contributed by atoms with E-state index in [4.69, 9.17) is 18.9 Å². The van der Waals surface area contributed by atoms with Gasteiger partial charge in [-0.3, -0.25) is 4.99 Å². The lowest BCUT2D eigenvalue weighted by Gasteiger charge is -2.49. The van der Waals surface area contributed by atoms with Crippen LogP contribution in [0.5, 0.6) is 17.2 Å². The van der Waals surface area contributed by atoms with Gasteiger partial charge in [-0.05, 0) is 104 Å². The number of carboxylic acid groups (broad SMARTS) is 1. The van der Waals surface area contributed by atoms with E-state index < -0.39 is 36.2 Å². The van der Waals surface area contributed by atoms with Crippen molar-refractivity contribution in [1.29, 1.82) is 0 Å². The van der Waals surface area contributed by atoms with Crippen molar-refractivity contribution >= 4 is 51.2 Å². The summed E-state index contributed by atoms with van der Waals surface area (Å²) in [6.07, 6.45) is 4.94. The molecule has 2 fully saturated rings. The van der Waals surface area contributed by atoms with Crippen LogP contribution in [0.2, 0.25) is 0 Å². The molecule has 61 heavy (non-hydrogen) atoms. The third-order valence-corrected chi connectivity index (χ3v) is 13.9. The van der Waals surface area contributed by atoms with Crippen LogP contribution in [0.15, 0.2) is 89.4 Å². The molecule has 3 aromatic rings. The number of ether oxygens (including phenoxy) is 4. The summed E-state index contributed by atoms with van der Waals surface area (Å²) in [5.41, 5.74) is 3.23. The van der Waals surface area contributed by atoms with Gasteiger partial charge in [-0.25, -0.2) is 4.79 Å². The monoisotopic (exact) mass is 873 g/mol. The van der Waals surface area contributed by atoms with E-state index in [-0.39, 0.29) is 54.1 Å². The van der Waals surface area contributed by atoms with E-state index in [1.165, 1.54) is 45.7 Å². The van der Waals surface area contributed by atoms with E-state index in [2.05, 4.69) is 65.0 Å². The van der Waals surface area contributed by atoms with Crippen LogP contribution in [0, 0.1) is 17.8 Å². The van der Waals surface area contributed by atoms with Crippen molar-refractivity contribution in [3.8, 4) is 17.2 Å². The van der Waals surface area contributed by atoms with E-state index in [9.17, 15) is 30.3 Å². The van der Waals surface area contributed by atoms with Gasteiger partial charge in [-0.15, -0.1) is 0 Å². The Morgan fingerprint density at radius 3 is 2.72 bits per heavy atom. The second kappa shape index (κ2) is 20.7. The van der Waals surface area contributed by atoms with Crippen molar-refractivity contribution in [1.82, 2.24) is 10.6 Å². The first-order valence-corrected chi connectivity index (χ1v) is 23.2. The summed E-state index contributed by atoms with van der Waals surface area (Å²) in [5, 5.41) is 61.9. The topological polar surface area (TPSA) is 192 Å². The fourth-order valence-electron chi connectivity index (χ4n) is 8.44. The molecule has 15 heteroatoms. The van der Waals surface area contributed by atoms with Crippen LogP contribution in [0.25, 0.3) is 17.4 Å². The number of hydrogen-bond donors (Lipinski definition) is 7. The number of fused-ring (bicyclic) bond motifs is 2. The Labute approximate surface area is 364 Å². The smallest absolute Gasteiger partial charge is 0.335 e. The minimum absolute atomic E-state index is 0.00495. The molecular formula is C46H55N3O10S2. The number of nitrogens with one attached hydrogen (secondary N) is 2. The number of aliphatic hydroxyl groups is 3. The lowest BCUT2D eigenvalue weighted by Crippen LogP contribution is -2.72. The molecule has 7 N–H and O–H groups in total. The molecule has 4 heterocycles. The average molecular weight is 874 g/mol. The largest absolute Gasteiger partial charge is 0.508 e. The minimum atomic E-state index is -2.07. The molecule has 8 unspecified atom stereocenters. The van der Waals surface area contributed by atoms with Crippen LogP contribution in [-0.4, -0.2) is 119 Å². The molecule has 0 bridgehead atoms. The van der Waals surface area contributed by atoms with Crippen LogP contribution in [0.3, 0.4) is 0 Å². The van der Waals surface area contributed by atoms with Gasteiger partial charge in [0.2, 0.25) is 6.29 Å². The molecule has 326 valence electrons. The summed E-state index contributed by atoms with van der Waals surface area (Å²) in [4.78, 5) is 17.0. The number of aryl methyl sites for hydroxylation is 1. The summed E-state index contributed by atoms with van der Waals surface area (Å²) in [5.74, 6) is 0.361. The number of benzene rings is 3. The van der Waals surface area contributed by atoms with E-state index in [0.29, 0.717) is 35.5 Å². The van der Waals surface area contributed by atoms with Gasteiger partial charge in [-0.1, -0.05) is 83.1 Å². The molecule has 4 aliphatic heterocycles. The van der Waals surface area contributed by atoms with Crippen molar-refractivity contribution in [2.24, 2.45) is 22.7 Å². The van der Waals surface area contributed by atoms with Crippen molar-refractivity contribution in [2.45, 2.75) is 56.4 Å². The van der Waals surface area contributed by atoms with E-state index in [1.54, 1.807) is 35.1 Å². The number of aliphatic carboxylic acids is 1. The van der Waals surface area contributed by atoms with E-state index in [0.717, 1.165) is 31.6 Å². The second-order valence-electron chi connectivity index (χ2n) is 15.9. The maximum atomic E-state index is 12.6. The number of carbonyl (C=O) groups is 1. The Morgan fingerprint density at radius 2 is 1.95 bits per heavy atom. The maximum absolute atomic E-state index is 12.6. The number of phenols is 1. The van der Waals surface area contributed by atoms with Gasteiger partial charge in [0.05, 0.1) is 12.1 Å². The zero-order chi connectivity index (χ0) is 42.9. The Kier molecular flexibility index (Phi) is 15.2. The molecular weight excluding hydrogens is 819 g/mol. The van der Waals surface area contributed by atoms with Gasteiger partial charge in [0.1, 0.15) is 47.8 Å². The summed E-state index contributed by atoms with van der Waals surface area (Å²) in [6.45, 7) is 4.17. The van der Waals surface area contributed by atoms with Crippen molar-refractivity contribution < 1.29 is 49.3 Å². The van der Waals surface area contributed by atoms with Crippen LogP contribution in [-0.2, 0) is 20.7 Å². The first kappa shape index (κ1) is 44.7. The number of phenolic OH excluding ortho intramolecular Hbond substituents is 1. The Morgan fingerprint density at radius 1 is 1.13 bits per heavy atom. The third-order valence-electron chi connectivity index (χ3n) is 11.9. The van der Waals surface area contributed by atoms with Crippen molar-refractivity contribution in [2.75, 3.05) is 51.5 Å². The van der Waals surface area contributed by atoms with Crippen molar-refractivity contribution in [3.63, 3.8) is 0 Å². The van der Waals surface area contributed by atoms with Gasteiger partial charge in [-0.2, -0.15) is 0 Å². The molecule has 4 aliphatic rings. The Balaban J connectivity index is 1.13. The van der Waals surface area contributed by atoms with Gasteiger partial charge in [0.25, 0.3) is 0 Å². The molecule has 0 aliphatic carbocycles. The number of carboxylic acids is 1. The SMILES string of the molecule is CNCCCc1ccccc1C=CCC(C)C1CNCC2(O)C(Oc3ccc4c(c3)OCC(c3ccc(O)cc3)=C4O)OC(C(=O)O)C(O)C2OCSSCC1C1=CCN=C1. The van der Waals surface area contributed by atoms with E-state index in [1.807, 2.05) is 13.3 Å². The predicted octanol–water partition coefficient (Wildman–Crippen LogP) is 5.95. The maximum Gasteiger partial charge on any atom is 0.335 e. The Bertz CT molecular complexity index is 2110. The average Bonchev–Trinajstić information content (AvgIpc) is 3.79. The highest BCUT2D eigenvalue weighted by Gasteiger charge is 2.59. The molecule has 0 aromatic heterocycles. The van der Waals surface area contributed by atoms with Gasteiger partial charge < -0.3 is 55.1 Å². The third kappa shape index (κ3) is 10.5. The Hall–Kier alpha value is -4.32. The van der Waals surface area contributed by atoms with Gasteiger partial charge in [0, 0.05) is 30.2 Å². The molecule has 0 radical (unpaired) electrons. The number of hydrogen-bond acceptors (Lipinski definition) is 14. The van der Waals surface area contributed by atoms with Crippen LogP contribution in [0.4, 0.5) is 0 Å². The number of rotatable bonds is 13. The number of aromatic hydroxyl groups is 1. The normalized spacial score (nSPS) is 27.6. The molecule has 0 amide bonds. The molecule has 0 saturated carbocycles. The molecule has 7 rings (SSSR count). The van der Waals surface area contributed by atoms with Crippen LogP contribution < -0.4 is 20.1 Å². The van der Waals surface area contributed by atoms with Crippen LogP contribution in [0.1, 0.15) is 42.0 Å². The van der Waals surface area contributed by atoms with Gasteiger partial charge >= 0.3 is 5.97 Å². The number of allylic oxidation sites excluding steroid dienone is 2. The highest BCUT2D eigenvalue weighted by Crippen LogP contribution is 2.42. The summed E-state index contributed by atoms with van der Waals surface area (Å²) >= 11 is 0. The first-order chi connectivity index (χ1) is 29.6. The lowest BCUT2D eigenvalue weighted by molar-refractivity contribution is -0.316. The summed E-state index contributed by atoms with van der Waals surface area (Å²) in [6, 6.07) is 19.6. The standard InChI is InChI=1S/C46H55N3O10S2/c1-28(7-5-10-29-8-3-4-9-30(29)11-6-19-47-2)36-23-49-26-46(55)43(57-27-61-60-25-38(36)32-18-20-48-22-32)41(52)42(44(53)54)59-45(46)58-34-16-17-35-39(21-34)56-24-37(40(35)51)31-12-14-33(50)15-13-31/h3-5,8-10,12-18,21-22,28,36,38,41-43,45,47,49-52,55H,6-7,11,19-20,23-27H2,1-2H3,(H,53,54). The highest BCUT2D eigenvalue weighted by atomic mass is 33.1. The minimum Gasteiger partial charge on any atom is -0.508 e. The summed E-state index contributed by atoms with van der Waals surface area (Å²) < 4.78 is 24.4. The summed E-state index contributed by atoms with van der Waals surface area (Å²) in [7, 11) is 5.02. The fourth-order valence-corrected chi connectivity index (χ4v) is 10.5. The zero-order valence-corrected chi connectivity index (χ0v) is 35.9. The second-order valence-corrected chi connectivity index (χ2v) is 18.3. The predicted molar refractivity (Wildman–Crippen MR) is 240 cm³/mol. The molecule has 13 nitrogen and oxygen atoms in total. The molecule has 3 aromatic carbocycles. The lowest BCUT2D eigenvalue weighted by atomic mass is 9.77.